The van der Waals surface area contributed by atoms with Crippen LogP contribution in [0, 0.1) is 24.7 Å². The van der Waals surface area contributed by atoms with Crippen molar-refractivity contribution in [2.24, 2.45) is 17.8 Å². The van der Waals surface area contributed by atoms with E-state index in [1.54, 1.807) is 19.1 Å². The highest BCUT2D eigenvalue weighted by molar-refractivity contribution is 5.96. The van der Waals surface area contributed by atoms with Gasteiger partial charge in [0.25, 0.3) is 5.91 Å². The summed E-state index contributed by atoms with van der Waals surface area (Å²) < 4.78 is 9.88. The number of hydrogen-bond donors (Lipinski definition) is 1. The molecule has 7 nitrogen and oxygen atoms in total. The van der Waals surface area contributed by atoms with Crippen LogP contribution >= 0.6 is 0 Å². The highest BCUT2D eigenvalue weighted by atomic mass is 16.5. The predicted octanol–water partition coefficient (Wildman–Crippen LogP) is 2.66. The van der Waals surface area contributed by atoms with Crippen LogP contribution in [0.1, 0.15) is 48.0 Å². The molecule has 7 heteroatoms. The molecule has 0 spiro atoms. The van der Waals surface area contributed by atoms with Crippen molar-refractivity contribution in [3.63, 3.8) is 0 Å². The van der Waals surface area contributed by atoms with E-state index in [2.05, 4.69) is 10.1 Å². The Morgan fingerprint density at radius 3 is 2.46 bits per heavy atom. The van der Waals surface area contributed by atoms with E-state index in [4.69, 9.17) is 4.74 Å². The first-order valence-electron chi connectivity index (χ1n) is 9.58. The van der Waals surface area contributed by atoms with Crippen molar-refractivity contribution >= 4 is 29.3 Å². The summed E-state index contributed by atoms with van der Waals surface area (Å²) in [5.74, 6) is -1.51. The number of hydrogen-bond acceptors (Lipinski definition) is 6. The van der Waals surface area contributed by atoms with E-state index in [0.29, 0.717) is 24.1 Å². The third kappa shape index (κ3) is 4.40. The lowest BCUT2D eigenvalue weighted by molar-refractivity contribution is -0.155. The maximum absolute atomic E-state index is 12.4. The molecule has 1 aromatic rings. The molecule has 1 amide bonds. The minimum absolute atomic E-state index is 0.0393. The van der Waals surface area contributed by atoms with Gasteiger partial charge >= 0.3 is 11.9 Å². The van der Waals surface area contributed by atoms with Crippen LogP contribution in [0.3, 0.4) is 0 Å². The number of ether oxygens (including phenoxy) is 2. The number of esters is 2. The third-order valence-corrected chi connectivity index (χ3v) is 5.66. The molecule has 2 fully saturated rings. The summed E-state index contributed by atoms with van der Waals surface area (Å²) in [6.45, 7) is 1.39. The topological polar surface area (TPSA) is 98.8 Å². The van der Waals surface area contributed by atoms with Gasteiger partial charge in [0.1, 0.15) is 5.78 Å². The van der Waals surface area contributed by atoms with Crippen LogP contribution in [0.25, 0.3) is 0 Å². The number of benzene rings is 1. The molecule has 0 radical (unpaired) electrons. The van der Waals surface area contributed by atoms with Gasteiger partial charge in [-0.05, 0) is 50.3 Å². The van der Waals surface area contributed by atoms with Gasteiger partial charge < -0.3 is 14.8 Å². The third-order valence-electron chi connectivity index (χ3n) is 5.66. The molecule has 150 valence electrons. The SMILES string of the molecule is COC(=O)c1ccc(C)c(NC(=O)COC(=O)C2C[C@@H]3CCC[C@@H](C2)C3=O)c1. The van der Waals surface area contributed by atoms with Gasteiger partial charge in [0.2, 0.25) is 0 Å². The highest BCUT2D eigenvalue weighted by Gasteiger charge is 2.41. The zero-order valence-electron chi connectivity index (χ0n) is 16.2. The second-order valence-corrected chi connectivity index (χ2v) is 7.57. The van der Waals surface area contributed by atoms with Crippen LogP contribution in [0.4, 0.5) is 5.69 Å². The predicted molar refractivity (Wildman–Crippen MR) is 101 cm³/mol. The van der Waals surface area contributed by atoms with Gasteiger partial charge in [-0.2, -0.15) is 0 Å². The Hall–Kier alpha value is -2.70. The van der Waals surface area contributed by atoms with Gasteiger partial charge in [-0.1, -0.05) is 12.5 Å². The van der Waals surface area contributed by atoms with Crippen LogP contribution < -0.4 is 5.32 Å². The van der Waals surface area contributed by atoms with Crippen LogP contribution in [-0.4, -0.2) is 37.3 Å². The Balaban J connectivity index is 1.54. The van der Waals surface area contributed by atoms with E-state index < -0.39 is 24.5 Å². The zero-order chi connectivity index (χ0) is 20.3. The monoisotopic (exact) mass is 387 g/mol. The molecular weight excluding hydrogens is 362 g/mol. The molecule has 0 unspecified atom stereocenters. The number of amides is 1. The van der Waals surface area contributed by atoms with Crippen molar-refractivity contribution in [1.29, 1.82) is 0 Å². The zero-order valence-corrected chi connectivity index (χ0v) is 16.2. The summed E-state index contributed by atoms with van der Waals surface area (Å²) >= 11 is 0. The molecule has 2 saturated carbocycles. The first kappa shape index (κ1) is 20.0. The number of fused-ring (bicyclic) bond motifs is 2. The Morgan fingerprint density at radius 2 is 1.82 bits per heavy atom. The van der Waals surface area contributed by atoms with Crippen LogP contribution in [-0.2, 0) is 23.9 Å². The van der Waals surface area contributed by atoms with Crippen molar-refractivity contribution in [2.45, 2.75) is 39.0 Å². The smallest absolute Gasteiger partial charge is 0.337 e. The van der Waals surface area contributed by atoms with Crippen molar-refractivity contribution in [3.05, 3.63) is 29.3 Å². The minimum atomic E-state index is -0.501. The highest BCUT2D eigenvalue weighted by Crippen LogP contribution is 2.40. The normalized spacial score (nSPS) is 23.6. The average molecular weight is 387 g/mol. The van der Waals surface area contributed by atoms with Crippen molar-refractivity contribution in [2.75, 3.05) is 19.0 Å². The van der Waals surface area contributed by atoms with E-state index in [-0.39, 0.29) is 23.5 Å². The summed E-state index contributed by atoms with van der Waals surface area (Å²) in [5.41, 5.74) is 1.55. The fraction of sp³-hybridized carbons (Fsp3) is 0.524. The Labute approximate surface area is 163 Å². The van der Waals surface area contributed by atoms with Crippen molar-refractivity contribution < 1.29 is 28.7 Å². The number of carbonyl (C=O) groups is 4. The van der Waals surface area contributed by atoms with Crippen molar-refractivity contribution in [3.8, 4) is 0 Å². The Bertz CT molecular complexity index is 786. The number of nitrogens with one attached hydrogen (secondary N) is 1. The van der Waals surface area contributed by atoms with Gasteiger partial charge in [0, 0.05) is 17.5 Å². The lowest BCUT2D eigenvalue weighted by atomic mass is 9.67. The molecule has 2 atom stereocenters. The fourth-order valence-electron chi connectivity index (χ4n) is 4.11. The summed E-state index contributed by atoms with van der Waals surface area (Å²) in [6, 6.07) is 4.83. The quantitative estimate of drug-likeness (QED) is 0.780. The standard InChI is InChI=1S/C21H25NO6/c1-12-6-7-15(20(25)27-2)10-17(12)22-18(23)11-28-21(26)16-8-13-4-3-5-14(9-16)19(13)24/h6-7,10,13-14,16H,3-5,8-9,11H2,1-2H3,(H,22,23)/t13-,14-/m0/s1. The number of carbonyl (C=O) groups excluding carboxylic acids is 4. The molecule has 2 aliphatic carbocycles. The second kappa shape index (κ2) is 8.54. The van der Waals surface area contributed by atoms with E-state index in [1.807, 2.05) is 0 Å². The van der Waals surface area contributed by atoms with Gasteiger partial charge in [-0.15, -0.1) is 0 Å². The summed E-state index contributed by atoms with van der Waals surface area (Å²) in [5, 5.41) is 2.66. The van der Waals surface area contributed by atoms with E-state index in [9.17, 15) is 19.2 Å². The van der Waals surface area contributed by atoms with Gasteiger partial charge in [-0.25, -0.2) is 4.79 Å². The number of anilines is 1. The molecule has 2 aliphatic rings. The molecular formula is C21H25NO6. The molecule has 28 heavy (non-hydrogen) atoms. The second-order valence-electron chi connectivity index (χ2n) is 7.57. The number of methoxy groups -OCH3 is 1. The molecule has 0 aliphatic heterocycles. The van der Waals surface area contributed by atoms with Crippen LogP contribution in [0.15, 0.2) is 18.2 Å². The fourth-order valence-corrected chi connectivity index (χ4v) is 4.11. The molecule has 2 bridgehead atoms. The summed E-state index contributed by atoms with van der Waals surface area (Å²) in [4.78, 5) is 48.3. The number of ketones is 1. The lowest BCUT2D eigenvalue weighted by Crippen LogP contribution is -2.40. The number of Topliss-reactive ketones (excluding diaryl/α,β-unsaturated/α-hetero) is 1. The summed E-state index contributed by atoms with van der Waals surface area (Å²) in [7, 11) is 1.28. The average Bonchev–Trinajstić information content (AvgIpc) is 2.67. The maximum Gasteiger partial charge on any atom is 0.337 e. The minimum Gasteiger partial charge on any atom is -0.465 e. The van der Waals surface area contributed by atoms with Gasteiger partial charge in [-0.3, -0.25) is 14.4 Å². The van der Waals surface area contributed by atoms with Crippen LogP contribution in [0.5, 0.6) is 0 Å². The summed E-state index contributed by atoms with van der Waals surface area (Å²) in [6.07, 6.45) is 3.77. The Morgan fingerprint density at radius 1 is 1.14 bits per heavy atom. The first-order valence-corrected chi connectivity index (χ1v) is 9.58. The van der Waals surface area contributed by atoms with Crippen LogP contribution in [0.2, 0.25) is 0 Å². The van der Waals surface area contributed by atoms with E-state index >= 15 is 0 Å². The molecule has 0 heterocycles. The Kier molecular flexibility index (Phi) is 6.11. The molecule has 3 rings (SSSR count). The van der Waals surface area contributed by atoms with Gasteiger partial charge in [0.15, 0.2) is 6.61 Å². The van der Waals surface area contributed by atoms with Gasteiger partial charge in [0.05, 0.1) is 18.6 Å². The number of aryl methyl sites for hydroxylation is 1. The van der Waals surface area contributed by atoms with Crippen molar-refractivity contribution in [1.82, 2.24) is 0 Å². The molecule has 1 N–H and O–H groups in total. The van der Waals surface area contributed by atoms with E-state index in [1.165, 1.54) is 13.2 Å². The lowest BCUT2D eigenvalue weighted by Gasteiger charge is -2.36. The molecule has 0 saturated heterocycles. The molecule has 0 aromatic heterocycles. The molecule has 1 aromatic carbocycles. The first-order chi connectivity index (χ1) is 13.4. The van der Waals surface area contributed by atoms with E-state index in [0.717, 1.165) is 24.8 Å². The largest absolute Gasteiger partial charge is 0.465 e. The maximum atomic E-state index is 12.4. The number of rotatable bonds is 5.